The maximum absolute atomic E-state index is 3.38. The van der Waals surface area contributed by atoms with Crippen molar-refractivity contribution in [3.8, 4) is 0 Å². The molecule has 0 amide bonds. The molecule has 0 aliphatic heterocycles. The molecule has 2 aliphatic carbocycles. The maximum atomic E-state index is 3.38. The van der Waals surface area contributed by atoms with Crippen LogP contribution in [0.15, 0.2) is 12.1 Å². The van der Waals surface area contributed by atoms with Crippen molar-refractivity contribution in [2.24, 2.45) is 11.8 Å². The molecule has 1 heteroatoms. The third-order valence-corrected chi connectivity index (χ3v) is 6.44. The van der Waals surface area contributed by atoms with Crippen molar-refractivity contribution in [2.45, 2.75) is 91.4 Å². The Morgan fingerprint density at radius 2 is 1.48 bits per heavy atom. The first-order chi connectivity index (χ1) is 11.6. The Hall–Kier alpha value is 0.324. The molecule has 0 unspecified atom stereocenters. The van der Waals surface area contributed by atoms with E-state index < -0.39 is 0 Å². The fraction of sp³-hybridized carbons (Fsp3) is 0.667. The molecule has 0 saturated heterocycles. The second-order valence-corrected chi connectivity index (χ2v) is 8.58. The van der Waals surface area contributed by atoms with Gasteiger partial charge in [-0.1, -0.05) is 40.0 Å². The van der Waals surface area contributed by atoms with E-state index in [1.54, 1.807) is 5.92 Å². The Labute approximate surface area is 181 Å². The summed E-state index contributed by atoms with van der Waals surface area (Å²) in [6.07, 6.45) is 15.5. The third kappa shape index (κ3) is 6.77. The third-order valence-electron chi connectivity index (χ3n) is 6.44. The van der Waals surface area contributed by atoms with Crippen LogP contribution < -0.4 is 0 Å². The van der Waals surface area contributed by atoms with E-state index in [4.69, 9.17) is 0 Å². The van der Waals surface area contributed by atoms with Crippen molar-refractivity contribution in [3.05, 3.63) is 46.7 Å². The second kappa shape index (κ2) is 10.6. The maximum Gasteiger partial charge on any atom is 0 e. The average Bonchev–Trinajstić information content (AvgIpc) is 2.55. The van der Waals surface area contributed by atoms with E-state index in [0.717, 1.165) is 11.8 Å². The Bertz CT molecular complexity index is 485. The molecule has 0 atom stereocenters. The van der Waals surface area contributed by atoms with Gasteiger partial charge in [-0.05, 0) is 75.0 Å². The molecule has 0 bridgehead atoms. The summed E-state index contributed by atoms with van der Waals surface area (Å²) >= 11 is 0. The molecule has 0 aromatic heterocycles. The number of rotatable bonds is 5. The summed E-state index contributed by atoms with van der Waals surface area (Å²) in [5, 5.41) is 0. The van der Waals surface area contributed by atoms with Crippen LogP contribution in [0.4, 0.5) is 0 Å². The molecule has 0 nitrogen and oxygen atoms in total. The van der Waals surface area contributed by atoms with Crippen molar-refractivity contribution >= 4 is 0 Å². The monoisotopic (exact) mass is 412 g/mol. The number of hydrogen-bond acceptors (Lipinski definition) is 0. The van der Waals surface area contributed by atoms with Gasteiger partial charge in [0, 0.05) is 32.7 Å². The number of aryl methyl sites for hydroxylation is 3. The minimum absolute atomic E-state index is 0. The molecule has 3 radical (unpaired) electrons. The zero-order chi connectivity index (χ0) is 16.9. The summed E-state index contributed by atoms with van der Waals surface area (Å²) < 4.78 is 0. The molecule has 0 heterocycles. The first-order valence-electron chi connectivity index (χ1n) is 10.3. The van der Waals surface area contributed by atoms with Crippen LogP contribution in [0.25, 0.3) is 0 Å². The largest absolute Gasteiger partial charge is 0.177 e. The van der Waals surface area contributed by atoms with E-state index in [0.29, 0.717) is 0 Å². The zero-order valence-corrected chi connectivity index (χ0v) is 19.5. The normalized spacial score (nSPS) is 21.2. The van der Waals surface area contributed by atoms with E-state index in [2.05, 4.69) is 39.0 Å². The Balaban J connectivity index is 0.00000225. The van der Waals surface area contributed by atoms with Gasteiger partial charge < -0.3 is 0 Å². The quantitative estimate of drug-likeness (QED) is 0.458. The van der Waals surface area contributed by atoms with Crippen LogP contribution in [0.2, 0.25) is 0 Å². The van der Waals surface area contributed by atoms with Gasteiger partial charge in [0.1, 0.15) is 0 Å². The first kappa shape index (κ1) is 21.6. The van der Waals surface area contributed by atoms with Gasteiger partial charge in [-0.2, -0.15) is 34.9 Å². The predicted octanol–water partition coefficient (Wildman–Crippen LogP) is 6.97. The smallest absolute Gasteiger partial charge is 0 e. The van der Waals surface area contributed by atoms with Crippen LogP contribution >= 0.6 is 0 Å². The molecule has 3 rings (SSSR count). The van der Waals surface area contributed by atoms with Gasteiger partial charge in [0.05, 0.1) is 0 Å². The number of benzene rings is 1. The van der Waals surface area contributed by atoms with Gasteiger partial charge in [0.25, 0.3) is 0 Å². The molecule has 1 aromatic carbocycles. The standard InChI is InChI=1S/C24H35.Y/c1-18-7-11-23(12-8-18)24-13-9-21(10-14-24)5-4-6-22-16-19(2)15-20(3)17-22;/h16-17,21,23H,4-14H2,1-3H3;/q-1;. The summed E-state index contributed by atoms with van der Waals surface area (Å²) in [4.78, 5) is 0. The van der Waals surface area contributed by atoms with Crippen LogP contribution in [0.1, 0.15) is 87.8 Å². The molecule has 2 aliphatic rings. The molecule has 1 aromatic rings. The summed E-state index contributed by atoms with van der Waals surface area (Å²) in [6, 6.07) is 8.03. The van der Waals surface area contributed by atoms with Gasteiger partial charge in [0.15, 0.2) is 0 Å². The summed E-state index contributed by atoms with van der Waals surface area (Å²) in [7, 11) is 0. The molecule has 135 valence electrons. The summed E-state index contributed by atoms with van der Waals surface area (Å²) in [5.41, 5.74) is 4.10. The zero-order valence-electron chi connectivity index (χ0n) is 16.7. The van der Waals surface area contributed by atoms with Crippen molar-refractivity contribution in [1.29, 1.82) is 0 Å². The minimum atomic E-state index is 0. The topological polar surface area (TPSA) is 0 Å². The molecule has 2 saturated carbocycles. The fourth-order valence-corrected chi connectivity index (χ4v) is 4.98. The van der Waals surface area contributed by atoms with Crippen molar-refractivity contribution < 1.29 is 32.7 Å². The van der Waals surface area contributed by atoms with Crippen LogP contribution in [0.5, 0.6) is 0 Å². The number of hydrogen-bond donors (Lipinski definition) is 0. The van der Waals surface area contributed by atoms with E-state index in [-0.39, 0.29) is 32.7 Å². The second-order valence-electron chi connectivity index (χ2n) is 8.58. The molecule has 25 heavy (non-hydrogen) atoms. The van der Waals surface area contributed by atoms with Crippen molar-refractivity contribution in [2.75, 3.05) is 0 Å². The first-order valence-corrected chi connectivity index (χ1v) is 10.3. The SMILES string of the molecule is C[C]1CCC([C]2CCC(CCCc3cc(C)[c-]c(C)c3)CC2)CC1.[Y]. The molecule has 0 N–H and O–H groups in total. The van der Waals surface area contributed by atoms with Crippen LogP contribution in [-0.4, -0.2) is 0 Å². The molecular formula is C24H35Y-. The Kier molecular flexibility index (Phi) is 9.17. The summed E-state index contributed by atoms with van der Waals surface area (Å²) in [6.45, 7) is 6.69. The molecule has 2 fully saturated rings. The van der Waals surface area contributed by atoms with E-state index in [9.17, 15) is 0 Å². The van der Waals surface area contributed by atoms with E-state index >= 15 is 0 Å². The van der Waals surface area contributed by atoms with Crippen LogP contribution in [-0.2, 0) is 39.1 Å². The van der Waals surface area contributed by atoms with Crippen LogP contribution in [0, 0.1) is 43.6 Å². The van der Waals surface area contributed by atoms with Crippen molar-refractivity contribution in [1.82, 2.24) is 0 Å². The van der Waals surface area contributed by atoms with E-state index in [1.807, 2.05) is 5.92 Å². The Morgan fingerprint density at radius 3 is 2.08 bits per heavy atom. The van der Waals surface area contributed by atoms with E-state index in [1.165, 1.54) is 87.3 Å². The van der Waals surface area contributed by atoms with Gasteiger partial charge in [-0.15, -0.1) is 0 Å². The van der Waals surface area contributed by atoms with Gasteiger partial charge in [0.2, 0.25) is 0 Å². The average molecular weight is 412 g/mol. The van der Waals surface area contributed by atoms with Crippen molar-refractivity contribution in [3.63, 3.8) is 0 Å². The summed E-state index contributed by atoms with van der Waals surface area (Å²) in [5.74, 6) is 5.64. The fourth-order valence-electron chi connectivity index (χ4n) is 4.98. The van der Waals surface area contributed by atoms with Gasteiger partial charge in [-0.25, -0.2) is 0 Å². The van der Waals surface area contributed by atoms with Gasteiger partial charge in [-0.3, -0.25) is 0 Å². The molecular weight excluding hydrogens is 377 g/mol. The predicted molar refractivity (Wildman–Crippen MR) is 104 cm³/mol. The van der Waals surface area contributed by atoms with Gasteiger partial charge >= 0.3 is 0 Å². The minimum Gasteiger partial charge on any atom is -0.177 e. The van der Waals surface area contributed by atoms with Crippen LogP contribution in [0.3, 0.4) is 0 Å². The Morgan fingerprint density at radius 1 is 0.880 bits per heavy atom. The molecule has 0 spiro atoms.